The third kappa shape index (κ3) is 6.19. The Morgan fingerprint density at radius 3 is 2.80 bits per heavy atom. The third-order valence-corrected chi connectivity index (χ3v) is 6.02. The van der Waals surface area contributed by atoms with E-state index in [1.165, 1.54) is 6.08 Å². The van der Waals surface area contributed by atoms with Crippen molar-refractivity contribution >= 4 is 22.8 Å². The Labute approximate surface area is 203 Å². The molecule has 2 unspecified atom stereocenters. The van der Waals surface area contributed by atoms with Crippen LogP contribution in [0.4, 0.5) is 14.6 Å². The van der Waals surface area contributed by atoms with Gasteiger partial charge in [-0.25, -0.2) is 13.8 Å². The van der Waals surface area contributed by atoms with Gasteiger partial charge in [0.05, 0.1) is 42.7 Å². The fourth-order valence-corrected chi connectivity index (χ4v) is 4.07. The molecular weight excluding hydrogens is 456 g/mol. The summed E-state index contributed by atoms with van der Waals surface area (Å²) in [6.07, 6.45) is 2.92. The number of likely N-dealkylation sites (N-methyl/N-ethyl adjacent to an activating group) is 1. The largest absolute Gasteiger partial charge is 0.378 e. The van der Waals surface area contributed by atoms with Crippen molar-refractivity contribution < 1.29 is 23.0 Å². The van der Waals surface area contributed by atoms with Crippen LogP contribution in [0.5, 0.6) is 0 Å². The van der Waals surface area contributed by atoms with E-state index in [-0.39, 0.29) is 12.3 Å². The van der Waals surface area contributed by atoms with Crippen molar-refractivity contribution in [3.8, 4) is 0 Å². The Morgan fingerprint density at radius 1 is 1.31 bits per heavy atom. The standard InChI is InChI=1S/C25H31F2N5O3/c1-16(35-18-4-5-20(26)21(27)14-18)19-12-17(25(33)28-6-7-31(2)3)13-22-24(19)30-23(15-29-22)32-8-10-34-11-9-32/h4-5,12-13,15-16,18H,6-11,14H2,1-3H3,(H,28,33). The summed E-state index contributed by atoms with van der Waals surface area (Å²) in [6, 6.07) is 3.46. The summed E-state index contributed by atoms with van der Waals surface area (Å²) in [5.41, 5.74) is 2.26. The summed E-state index contributed by atoms with van der Waals surface area (Å²) in [7, 11) is 3.87. The maximum atomic E-state index is 13.8. The maximum absolute atomic E-state index is 13.8. The molecule has 4 rings (SSSR count). The van der Waals surface area contributed by atoms with E-state index in [9.17, 15) is 13.6 Å². The molecule has 8 nitrogen and oxygen atoms in total. The Morgan fingerprint density at radius 2 is 2.09 bits per heavy atom. The number of ether oxygens (including phenoxy) is 2. The minimum atomic E-state index is -0.875. The van der Waals surface area contributed by atoms with E-state index in [0.717, 1.165) is 6.08 Å². The summed E-state index contributed by atoms with van der Waals surface area (Å²) in [5, 5.41) is 2.92. The zero-order valence-electron chi connectivity index (χ0n) is 20.3. The van der Waals surface area contributed by atoms with Crippen molar-refractivity contribution in [2.45, 2.75) is 25.6 Å². The number of allylic oxidation sites excluding steroid dienone is 2. The molecule has 1 fully saturated rings. The molecule has 2 heterocycles. The van der Waals surface area contributed by atoms with Crippen molar-refractivity contribution in [3.05, 3.63) is 53.3 Å². The highest BCUT2D eigenvalue weighted by molar-refractivity contribution is 5.98. The number of carbonyl (C=O) groups excluding carboxylic acids is 1. The molecule has 1 amide bonds. The lowest BCUT2D eigenvalue weighted by molar-refractivity contribution is 0.0203. The second kappa shape index (κ2) is 11.2. The van der Waals surface area contributed by atoms with E-state index in [2.05, 4.69) is 15.2 Å². The molecule has 1 saturated heterocycles. The van der Waals surface area contributed by atoms with Crippen LogP contribution in [0.3, 0.4) is 0 Å². The number of morpholine rings is 1. The lowest BCUT2D eigenvalue weighted by Gasteiger charge is -2.28. The number of halogens is 2. The van der Waals surface area contributed by atoms with Crippen molar-refractivity contribution in [1.29, 1.82) is 0 Å². The number of anilines is 1. The summed E-state index contributed by atoms with van der Waals surface area (Å²) >= 11 is 0. The highest BCUT2D eigenvalue weighted by Gasteiger charge is 2.24. The highest BCUT2D eigenvalue weighted by Crippen LogP contribution is 2.32. The van der Waals surface area contributed by atoms with Crippen LogP contribution in [-0.4, -0.2) is 80.4 Å². The van der Waals surface area contributed by atoms with Gasteiger partial charge in [-0.15, -0.1) is 0 Å². The topological polar surface area (TPSA) is 79.8 Å². The van der Waals surface area contributed by atoms with Gasteiger partial charge in [0.15, 0.2) is 5.83 Å². The van der Waals surface area contributed by atoms with E-state index in [4.69, 9.17) is 14.5 Å². The van der Waals surface area contributed by atoms with Crippen LogP contribution >= 0.6 is 0 Å². The minimum Gasteiger partial charge on any atom is -0.378 e. The molecule has 1 aliphatic heterocycles. The number of nitrogens with one attached hydrogen (secondary N) is 1. The maximum Gasteiger partial charge on any atom is 0.251 e. The van der Waals surface area contributed by atoms with Crippen LogP contribution in [0, 0.1) is 0 Å². The van der Waals surface area contributed by atoms with Gasteiger partial charge < -0.3 is 24.6 Å². The van der Waals surface area contributed by atoms with Crippen molar-refractivity contribution in [2.75, 3.05) is 58.4 Å². The van der Waals surface area contributed by atoms with Gasteiger partial charge in [-0.1, -0.05) is 6.08 Å². The fourth-order valence-electron chi connectivity index (χ4n) is 4.07. The summed E-state index contributed by atoms with van der Waals surface area (Å²) in [6.45, 7) is 5.65. The Balaban J connectivity index is 1.66. The van der Waals surface area contributed by atoms with Gasteiger partial charge >= 0.3 is 0 Å². The van der Waals surface area contributed by atoms with Crippen molar-refractivity contribution in [2.24, 2.45) is 0 Å². The van der Waals surface area contributed by atoms with Gasteiger partial charge in [-0.2, -0.15) is 0 Å². The molecule has 2 aromatic rings. The van der Waals surface area contributed by atoms with Crippen molar-refractivity contribution in [1.82, 2.24) is 20.2 Å². The number of rotatable bonds is 8. The van der Waals surface area contributed by atoms with Gasteiger partial charge in [0.25, 0.3) is 5.91 Å². The van der Waals surface area contributed by atoms with Gasteiger partial charge in [-0.3, -0.25) is 9.78 Å². The number of aromatic nitrogens is 2. The number of fused-ring (bicyclic) bond motifs is 1. The number of benzene rings is 1. The number of amides is 1. The Bertz CT molecular complexity index is 1130. The summed E-state index contributed by atoms with van der Waals surface area (Å²) in [4.78, 5) is 26.4. The average Bonchev–Trinajstić information content (AvgIpc) is 2.85. The molecule has 10 heteroatoms. The van der Waals surface area contributed by atoms with Gasteiger partial charge in [0, 0.05) is 43.7 Å². The molecule has 1 aromatic heterocycles. The molecule has 0 radical (unpaired) electrons. The molecule has 2 aliphatic rings. The lowest BCUT2D eigenvalue weighted by atomic mass is 10.0. The lowest BCUT2D eigenvalue weighted by Crippen LogP contribution is -2.36. The van der Waals surface area contributed by atoms with E-state index in [0.29, 0.717) is 67.4 Å². The smallest absolute Gasteiger partial charge is 0.251 e. The Hall–Kier alpha value is -2.95. The van der Waals surface area contributed by atoms with E-state index >= 15 is 0 Å². The monoisotopic (exact) mass is 487 g/mol. The fraction of sp³-hybridized carbons (Fsp3) is 0.480. The number of hydrogen-bond donors (Lipinski definition) is 1. The first kappa shape index (κ1) is 25.2. The predicted octanol–water partition coefficient (Wildman–Crippen LogP) is 3.31. The predicted molar refractivity (Wildman–Crippen MR) is 130 cm³/mol. The zero-order chi connectivity index (χ0) is 24.9. The van der Waals surface area contributed by atoms with E-state index in [1.807, 2.05) is 25.9 Å². The van der Waals surface area contributed by atoms with Gasteiger partial charge in [0.1, 0.15) is 11.6 Å². The molecule has 0 saturated carbocycles. The first-order chi connectivity index (χ1) is 16.8. The molecule has 188 valence electrons. The first-order valence-corrected chi connectivity index (χ1v) is 11.8. The van der Waals surface area contributed by atoms with Crippen LogP contribution in [0.25, 0.3) is 11.0 Å². The molecule has 0 spiro atoms. The second-order valence-electron chi connectivity index (χ2n) is 8.95. The number of hydrogen-bond acceptors (Lipinski definition) is 7. The second-order valence-corrected chi connectivity index (χ2v) is 8.95. The first-order valence-electron chi connectivity index (χ1n) is 11.8. The Kier molecular flexibility index (Phi) is 8.04. The molecule has 2 atom stereocenters. The molecule has 35 heavy (non-hydrogen) atoms. The quantitative estimate of drug-likeness (QED) is 0.612. The molecule has 0 bridgehead atoms. The normalized spacial score (nSPS) is 19.5. The summed E-state index contributed by atoms with van der Waals surface area (Å²) < 4.78 is 38.7. The third-order valence-electron chi connectivity index (χ3n) is 6.02. The highest BCUT2D eigenvalue weighted by atomic mass is 19.2. The number of carbonyl (C=O) groups is 1. The summed E-state index contributed by atoms with van der Waals surface area (Å²) in [5.74, 6) is -1.22. The average molecular weight is 488 g/mol. The van der Waals surface area contributed by atoms with Crippen LogP contribution in [-0.2, 0) is 9.47 Å². The van der Waals surface area contributed by atoms with E-state index in [1.54, 1.807) is 18.3 Å². The molecule has 1 N–H and O–H groups in total. The number of nitrogens with zero attached hydrogens (tertiary/aromatic N) is 4. The van der Waals surface area contributed by atoms with Crippen LogP contribution in [0.15, 0.2) is 42.1 Å². The van der Waals surface area contributed by atoms with Crippen LogP contribution in [0.1, 0.15) is 35.4 Å². The van der Waals surface area contributed by atoms with E-state index < -0.39 is 23.9 Å². The van der Waals surface area contributed by atoms with Crippen molar-refractivity contribution in [3.63, 3.8) is 0 Å². The zero-order valence-corrected chi connectivity index (χ0v) is 20.3. The van der Waals surface area contributed by atoms with Crippen LogP contribution in [0.2, 0.25) is 0 Å². The molecule has 1 aliphatic carbocycles. The van der Waals surface area contributed by atoms with Crippen LogP contribution < -0.4 is 10.2 Å². The molecule has 1 aromatic carbocycles. The van der Waals surface area contributed by atoms with Gasteiger partial charge in [0.2, 0.25) is 0 Å². The SMILES string of the molecule is CC(OC1C=CC(F)=C(F)C1)c1cc(C(=O)NCCN(C)C)cc2ncc(N3CCOCC3)nc12. The minimum absolute atomic E-state index is 0.181. The molecular formula is C25H31F2N5O3. The van der Waals surface area contributed by atoms with Gasteiger partial charge in [-0.05, 0) is 39.2 Å².